The first kappa shape index (κ1) is 28.3. The molecule has 0 aromatic rings. The van der Waals surface area contributed by atoms with Crippen molar-refractivity contribution in [3.8, 4) is 0 Å². The van der Waals surface area contributed by atoms with Gasteiger partial charge in [-0.2, -0.15) is 35.1 Å². The van der Waals surface area contributed by atoms with Crippen LogP contribution in [0.15, 0.2) is 0 Å². The maximum Gasteiger partial charge on any atom is 0.469 e. The average Bonchev–Trinajstić information content (AvgIpc) is 2.37. The topological polar surface area (TPSA) is 76.0 Å². The summed E-state index contributed by atoms with van der Waals surface area (Å²) in [5.41, 5.74) is -20.2. The summed E-state index contributed by atoms with van der Waals surface area (Å²) in [5.74, 6) is 0. The first-order valence-corrected chi connectivity index (χ1v) is 8.67. The molecule has 0 aliphatic heterocycles. The van der Waals surface area contributed by atoms with E-state index in [2.05, 4.69) is 9.26 Å². The SMILES string of the molecule is CC(C)(F)C(F)(C(F)(F)F)C(F)(F)OC(C)(C)C(F)(COP(=O)(O)O)C(F)(F)F. The van der Waals surface area contributed by atoms with Gasteiger partial charge in [0.1, 0.15) is 12.2 Å². The Kier molecular flexibility index (Phi) is 7.28. The molecule has 0 rings (SSSR count). The minimum atomic E-state index is -6.75. The van der Waals surface area contributed by atoms with Crippen LogP contribution in [0.1, 0.15) is 27.7 Å². The van der Waals surface area contributed by atoms with Gasteiger partial charge in [-0.25, -0.2) is 17.7 Å². The Morgan fingerprint density at radius 1 is 0.759 bits per heavy atom. The van der Waals surface area contributed by atoms with E-state index < -0.39 is 55.5 Å². The van der Waals surface area contributed by atoms with E-state index in [4.69, 9.17) is 9.79 Å². The quantitative estimate of drug-likeness (QED) is 0.387. The van der Waals surface area contributed by atoms with Gasteiger partial charge < -0.3 is 14.5 Å². The second-order valence-electron chi connectivity index (χ2n) is 6.82. The molecule has 0 spiro atoms. The third-order valence-corrected chi connectivity index (χ3v) is 4.29. The molecule has 0 saturated carbocycles. The summed E-state index contributed by atoms with van der Waals surface area (Å²) in [5, 5.41) is 0. The van der Waals surface area contributed by atoms with Crippen LogP contribution in [0.2, 0.25) is 0 Å². The molecule has 0 bridgehead atoms. The van der Waals surface area contributed by atoms with Crippen LogP contribution in [0.4, 0.5) is 48.3 Å². The van der Waals surface area contributed by atoms with E-state index in [1.165, 1.54) is 0 Å². The van der Waals surface area contributed by atoms with Crippen LogP contribution in [-0.2, 0) is 13.8 Å². The third-order valence-electron chi connectivity index (χ3n) is 3.83. The number of hydrogen-bond acceptors (Lipinski definition) is 3. The average molecular weight is 480 g/mol. The Morgan fingerprint density at radius 3 is 1.38 bits per heavy atom. The predicted molar refractivity (Wildman–Crippen MR) is 73.1 cm³/mol. The van der Waals surface area contributed by atoms with E-state index in [-0.39, 0.29) is 27.7 Å². The molecular formula is C12H16F11O5P. The van der Waals surface area contributed by atoms with E-state index in [1.807, 2.05) is 0 Å². The number of halogens is 11. The Balaban J connectivity index is 6.44. The van der Waals surface area contributed by atoms with E-state index in [0.29, 0.717) is 0 Å². The highest BCUT2D eigenvalue weighted by molar-refractivity contribution is 7.46. The maximum absolute atomic E-state index is 14.6. The standard InChI is InChI=1S/C12H16F11O5P/c1-6(2,13)9(15,11(19,20)21)12(22,23)28-7(3,4)8(14,10(16,17)18)5-27-29(24,25)26/h5H2,1-4H3,(H2,24,25,26). The minimum absolute atomic E-state index is 0.223. The molecule has 0 aromatic heterocycles. The van der Waals surface area contributed by atoms with Crippen LogP contribution in [0.3, 0.4) is 0 Å². The molecule has 0 aliphatic rings. The van der Waals surface area contributed by atoms with Crippen molar-refractivity contribution in [3.63, 3.8) is 0 Å². The van der Waals surface area contributed by atoms with Crippen LogP contribution in [0.25, 0.3) is 0 Å². The van der Waals surface area contributed by atoms with Crippen molar-refractivity contribution in [3.05, 3.63) is 0 Å². The monoisotopic (exact) mass is 480 g/mol. The van der Waals surface area contributed by atoms with Crippen molar-refractivity contribution in [2.45, 2.75) is 68.8 Å². The minimum Gasteiger partial charge on any atom is -0.308 e. The first-order chi connectivity index (χ1) is 12.2. The lowest BCUT2D eigenvalue weighted by molar-refractivity contribution is -0.442. The Morgan fingerprint density at radius 2 is 1.14 bits per heavy atom. The van der Waals surface area contributed by atoms with Gasteiger partial charge in [0.2, 0.25) is 0 Å². The fourth-order valence-corrected chi connectivity index (χ4v) is 2.44. The van der Waals surface area contributed by atoms with Crippen molar-refractivity contribution in [2.75, 3.05) is 6.61 Å². The Hall–Kier alpha value is -0.700. The number of ether oxygens (including phenoxy) is 1. The molecule has 0 aromatic carbocycles. The molecule has 0 aliphatic carbocycles. The lowest BCUT2D eigenvalue weighted by Gasteiger charge is -2.46. The summed E-state index contributed by atoms with van der Waals surface area (Å²) in [6, 6.07) is 0. The van der Waals surface area contributed by atoms with Crippen LogP contribution in [0, 0.1) is 0 Å². The summed E-state index contributed by atoms with van der Waals surface area (Å²) >= 11 is 0. The van der Waals surface area contributed by atoms with Gasteiger partial charge in [-0.15, -0.1) is 0 Å². The zero-order chi connectivity index (χ0) is 24.1. The second kappa shape index (κ2) is 7.46. The number of rotatable bonds is 8. The highest BCUT2D eigenvalue weighted by atomic mass is 31.2. The molecule has 5 nitrogen and oxygen atoms in total. The molecule has 0 saturated heterocycles. The highest BCUT2D eigenvalue weighted by Crippen LogP contribution is 2.57. The fraction of sp³-hybridized carbons (Fsp3) is 1.00. The van der Waals surface area contributed by atoms with Crippen LogP contribution >= 0.6 is 7.82 Å². The molecule has 17 heteroatoms. The van der Waals surface area contributed by atoms with Gasteiger partial charge in [0, 0.05) is 0 Å². The van der Waals surface area contributed by atoms with E-state index in [9.17, 15) is 52.9 Å². The summed E-state index contributed by atoms with van der Waals surface area (Å²) in [7, 11) is -5.84. The van der Waals surface area contributed by atoms with Gasteiger partial charge in [0.15, 0.2) is 5.67 Å². The Bertz CT molecular complexity index is 620. The lowest BCUT2D eigenvalue weighted by Crippen LogP contribution is -2.70. The molecule has 2 N–H and O–H groups in total. The van der Waals surface area contributed by atoms with Gasteiger partial charge in [-0.05, 0) is 27.7 Å². The lowest BCUT2D eigenvalue weighted by atomic mass is 9.84. The highest BCUT2D eigenvalue weighted by Gasteiger charge is 2.82. The van der Waals surface area contributed by atoms with Crippen LogP contribution in [-0.4, -0.2) is 57.5 Å². The van der Waals surface area contributed by atoms with Crippen molar-refractivity contribution < 1.29 is 71.9 Å². The number of hydrogen-bond donors (Lipinski definition) is 2. The molecule has 176 valence electrons. The summed E-state index contributed by atoms with van der Waals surface area (Å²) in [6.45, 7) is -3.80. The maximum atomic E-state index is 14.6. The second-order valence-corrected chi connectivity index (χ2v) is 8.06. The zero-order valence-corrected chi connectivity index (χ0v) is 15.8. The predicted octanol–water partition coefficient (Wildman–Crippen LogP) is 4.77. The van der Waals surface area contributed by atoms with Crippen molar-refractivity contribution >= 4 is 7.82 Å². The molecule has 0 amide bonds. The molecule has 2 atom stereocenters. The van der Waals surface area contributed by atoms with Crippen LogP contribution < -0.4 is 0 Å². The number of phosphoric acid groups is 1. The zero-order valence-electron chi connectivity index (χ0n) is 14.9. The summed E-state index contributed by atoms with van der Waals surface area (Å²) in [4.78, 5) is 16.8. The van der Waals surface area contributed by atoms with Gasteiger partial charge in [0.05, 0.1) is 0 Å². The van der Waals surface area contributed by atoms with Crippen molar-refractivity contribution in [2.24, 2.45) is 0 Å². The molecule has 0 fully saturated rings. The van der Waals surface area contributed by atoms with E-state index in [0.717, 1.165) is 0 Å². The molecule has 0 heterocycles. The molecular weight excluding hydrogens is 464 g/mol. The molecule has 2 unspecified atom stereocenters. The number of alkyl halides is 11. The molecule has 0 radical (unpaired) electrons. The first-order valence-electron chi connectivity index (χ1n) is 7.14. The van der Waals surface area contributed by atoms with Crippen molar-refractivity contribution in [1.82, 2.24) is 0 Å². The largest absolute Gasteiger partial charge is 0.469 e. The Labute approximate surface area is 156 Å². The normalized spacial score (nSPS) is 19.6. The van der Waals surface area contributed by atoms with E-state index >= 15 is 0 Å². The summed E-state index contributed by atoms with van der Waals surface area (Å²) < 4.78 is 166. The van der Waals surface area contributed by atoms with Gasteiger partial charge in [0.25, 0.3) is 5.67 Å². The van der Waals surface area contributed by atoms with Gasteiger partial charge in [-0.1, -0.05) is 0 Å². The third kappa shape index (κ3) is 5.32. The van der Waals surface area contributed by atoms with Gasteiger partial charge in [-0.3, -0.25) is 4.52 Å². The number of phosphoric ester groups is 1. The van der Waals surface area contributed by atoms with E-state index in [1.54, 1.807) is 0 Å². The molecule has 29 heavy (non-hydrogen) atoms. The summed E-state index contributed by atoms with van der Waals surface area (Å²) in [6.07, 6.45) is -19.5. The fourth-order valence-electron chi connectivity index (χ4n) is 2.09. The van der Waals surface area contributed by atoms with Crippen LogP contribution in [0.5, 0.6) is 0 Å². The van der Waals surface area contributed by atoms with Gasteiger partial charge >= 0.3 is 32.0 Å². The smallest absolute Gasteiger partial charge is 0.308 e. The van der Waals surface area contributed by atoms with Crippen molar-refractivity contribution in [1.29, 1.82) is 0 Å².